The van der Waals surface area contributed by atoms with Crippen molar-refractivity contribution in [3.63, 3.8) is 0 Å². The second-order valence-electron chi connectivity index (χ2n) is 7.33. The Bertz CT molecular complexity index is 1640. The lowest BCUT2D eigenvalue weighted by Crippen LogP contribution is -2.20. The van der Waals surface area contributed by atoms with Crippen molar-refractivity contribution in [1.29, 1.82) is 0 Å². The predicted molar refractivity (Wildman–Crippen MR) is 131 cm³/mol. The van der Waals surface area contributed by atoms with Crippen LogP contribution in [-0.2, 0) is 4.79 Å². The van der Waals surface area contributed by atoms with Crippen molar-refractivity contribution in [2.75, 3.05) is 6.61 Å². The second-order valence-corrected chi connectivity index (χ2v) is 8.24. The fourth-order valence-corrected chi connectivity index (χ4v) is 3.87. The fourth-order valence-electron chi connectivity index (χ4n) is 3.49. The van der Waals surface area contributed by atoms with Crippen molar-refractivity contribution in [2.24, 2.45) is 5.10 Å². The molecule has 0 aliphatic heterocycles. The number of hydrogen-bond donors (Lipinski definition) is 1. The Hall–Kier alpha value is -4.24. The summed E-state index contributed by atoms with van der Waals surface area (Å²) < 4.78 is 13.4. The molecule has 0 aliphatic rings. The summed E-state index contributed by atoms with van der Waals surface area (Å²) in [5.74, 6) is -0.161. The van der Waals surface area contributed by atoms with Crippen LogP contribution in [0, 0.1) is 0 Å². The predicted octanol–water partition coefficient (Wildman–Crippen LogP) is 4.92. The van der Waals surface area contributed by atoms with Gasteiger partial charge in [-0.2, -0.15) is 9.78 Å². The summed E-state index contributed by atoms with van der Waals surface area (Å²) in [7, 11) is 0. The highest BCUT2D eigenvalue weighted by atomic mass is 79.9. The molecule has 0 saturated carbocycles. The van der Waals surface area contributed by atoms with Crippen molar-refractivity contribution in [2.45, 2.75) is 0 Å². The Balaban J connectivity index is 1.67. The number of benzene rings is 3. The maximum Gasteiger partial charge on any atom is 0.341 e. The van der Waals surface area contributed by atoms with Crippen molar-refractivity contribution < 1.29 is 19.1 Å². The molecule has 9 heteroatoms. The summed E-state index contributed by atoms with van der Waals surface area (Å²) in [6.07, 6.45) is 1.43. The first-order valence-corrected chi connectivity index (χ1v) is 11.0. The van der Waals surface area contributed by atoms with Gasteiger partial charge in [0, 0.05) is 15.4 Å². The number of ether oxygens (including phenoxy) is 1. The number of furan rings is 1. The zero-order valence-electron chi connectivity index (χ0n) is 17.5. The fraction of sp³-hybridized carbons (Fsp3) is 0.0400. The largest absolute Gasteiger partial charge is 0.481 e. The highest BCUT2D eigenvalue weighted by molar-refractivity contribution is 9.10. The minimum Gasteiger partial charge on any atom is -0.481 e. The summed E-state index contributed by atoms with van der Waals surface area (Å²) >= 11 is 3.45. The highest BCUT2D eigenvalue weighted by Crippen LogP contribution is 2.29. The van der Waals surface area contributed by atoms with Gasteiger partial charge in [-0.3, -0.25) is 4.79 Å². The van der Waals surface area contributed by atoms with Crippen molar-refractivity contribution >= 4 is 50.0 Å². The monoisotopic (exact) mass is 517 g/mol. The van der Waals surface area contributed by atoms with Gasteiger partial charge in [-0.05, 0) is 48.5 Å². The first-order chi connectivity index (χ1) is 16.5. The van der Waals surface area contributed by atoms with E-state index in [1.165, 1.54) is 10.9 Å². The van der Waals surface area contributed by atoms with E-state index in [1.807, 2.05) is 18.2 Å². The third-order valence-corrected chi connectivity index (χ3v) is 5.53. The van der Waals surface area contributed by atoms with Crippen LogP contribution in [0.2, 0.25) is 0 Å². The van der Waals surface area contributed by atoms with E-state index in [2.05, 4.69) is 26.0 Å². The Morgan fingerprint density at radius 3 is 2.76 bits per heavy atom. The number of aromatic nitrogens is 2. The number of carbonyl (C=O) groups is 1. The average Bonchev–Trinajstić information content (AvgIpc) is 3.25. The molecule has 34 heavy (non-hydrogen) atoms. The van der Waals surface area contributed by atoms with Crippen LogP contribution in [0.3, 0.4) is 0 Å². The summed E-state index contributed by atoms with van der Waals surface area (Å²) in [4.78, 5) is 28.9. The van der Waals surface area contributed by atoms with Crippen molar-refractivity contribution in [3.8, 4) is 17.3 Å². The molecule has 3 aromatic carbocycles. The lowest BCUT2D eigenvalue weighted by Gasteiger charge is -2.08. The number of para-hydroxylation sites is 2. The maximum atomic E-state index is 13.4. The van der Waals surface area contributed by atoms with Crippen LogP contribution in [0.4, 0.5) is 0 Å². The van der Waals surface area contributed by atoms with Crippen LogP contribution >= 0.6 is 15.9 Å². The van der Waals surface area contributed by atoms with Crippen LogP contribution < -0.4 is 10.3 Å². The minimum absolute atomic E-state index is 0.233. The van der Waals surface area contributed by atoms with E-state index in [1.54, 1.807) is 54.6 Å². The lowest BCUT2D eigenvalue weighted by atomic mass is 10.2. The molecule has 1 N–H and O–H groups in total. The quantitative estimate of drug-likeness (QED) is 0.320. The van der Waals surface area contributed by atoms with E-state index in [9.17, 15) is 9.59 Å². The molecule has 0 atom stereocenters. The van der Waals surface area contributed by atoms with Gasteiger partial charge < -0.3 is 14.3 Å². The number of halogens is 1. The SMILES string of the molecule is O=C(O)COc1ccccc1C=Nn1c(-c2cc3cc(Br)ccc3o2)nc2ccccc2c1=O. The molecule has 0 aliphatic carbocycles. The van der Waals surface area contributed by atoms with E-state index in [-0.39, 0.29) is 11.4 Å². The van der Waals surface area contributed by atoms with Crippen LogP contribution in [0.25, 0.3) is 33.5 Å². The van der Waals surface area contributed by atoms with Crippen LogP contribution in [0.1, 0.15) is 5.56 Å². The molecule has 2 heterocycles. The molecule has 8 nitrogen and oxygen atoms in total. The lowest BCUT2D eigenvalue weighted by molar-refractivity contribution is -0.139. The minimum atomic E-state index is -1.10. The van der Waals surface area contributed by atoms with Gasteiger partial charge in [-0.1, -0.05) is 40.2 Å². The summed E-state index contributed by atoms with van der Waals surface area (Å²) in [6.45, 7) is -0.498. The van der Waals surface area contributed by atoms with Crippen molar-refractivity contribution in [3.05, 3.63) is 93.2 Å². The summed E-state index contributed by atoms with van der Waals surface area (Å²) in [6, 6.07) is 21.2. The molecule has 0 saturated heterocycles. The van der Waals surface area contributed by atoms with E-state index in [0.717, 1.165) is 9.86 Å². The van der Waals surface area contributed by atoms with Gasteiger partial charge in [0.25, 0.3) is 5.56 Å². The number of hydrogen-bond acceptors (Lipinski definition) is 6. The van der Waals surface area contributed by atoms with Gasteiger partial charge in [-0.25, -0.2) is 9.78 Å². The Labute approximate surface area is 200 Å². The molecule has 5 rings (SSSR count). The number of fused-ring (bicyclic) bond motifs is 2. The van der Waals surface area contributed by atoms with Crippen molar-refractivity contribution in [1.82, 2.24) is 9.66 Å². The number of carboxylic acid groups (broad SMARTS) is 1. The molecule has 0 spiro atoms. The third kappa shape index (κ3) is 4.20. The first kappa shape index (κ1) is 21.6. The second kappa shape index (κ2) is 8.95. The molecule has 5 aromatic rings. The summed E-state index contributed by atoms with van der Waals surface area (Å²) in [5, 5.41) is 14.6. The molecule has 0 unspecified atom stereocenters. The van der Waals surface area contributed by atoms with E-state index in [4.69, 9.17) is 14.3 Å². The van der Waals surface area contributed by atoms with Gasteiger partial charge in [0.05, 0.1) is 17.1 Å². The first-order valence-electron chi connectivity index (χ1n) is 10.2. The molecule has 2 aromatic heterocycles. The van der Waals surface area contributed by atoms with E-state index < -0.39 is 12.6 Å². The zero-order chi connectivity index (χ0) is 23.7. The molecular formula is C25H16BrN3O5. The number of rotatable bonds is 6. The van der Waals surface area contributed by atoms with Gasteiger partial charge in [0.1, 0.15) is 11.3 Å². The Kier molecular flexibility index (Phi) is 5.69. The Morgan fingerprint density at radius 1 is 1.12 bits per heavy atom. The highest BCUT2D eigenvalue weighted by Gasteiger charge is 2.17. The van der Waals surface area contributed by atoms with Gasteiger partial charge >= 0.3 is 5.97 Å². The van der Waals surface area contributed by atoms with Gasteiger partial charge in [0.2, 0.25) is 5.82 Å². The number of nitrogens with zero attached hydrogens (tertiary/aromatic N) is 3. The number of carboxylic acids is 1. The smallest absolute Gasteiger partial charge is 0.341 e. The van der Waals surface area contributed by atoms with Gasteiger partial charge in [0.15, 0.2) is 12.4 Å². The standard InChI is InChI=1S/C25H16BrN3O5/c26-17-9-10-21-16(11-17)12-22(34-21)24-28-19-7-3-2-6-18(19)25(32)29(24)27-13-15-5-1-4-8-20(15)33-14-23(30)31/h1-13H,14H2,(H,30,31). The van der Waals surface area contributed by atoms with Crippen LogP contribution in [0.5, 0.6) is 5.75 Å². The van der Waals surface area contributed by atoms with E-state index >= 15 is 0 Å². The zero-order valence-corrected chi connectivity index (χ0v) is 19.1. The molecule has 0 amide bonds. The molecular weight excluding hydrogens is 502 g/mol. The maximum absolute atomic E-state index is 13.4. The topological polar surface area (TPSA) is 107 Å². The van der Waals surface area contributed by atoms with Gasteiger partial charge in [-0.15, -0.1) is 0 Å². The molecule has 0 bridgehead atoms. The van der Waals surface area contributed by atoms with E-state index in [0.29, 0.717) is 33.6 Å². The number of aliphatic carboxylic acids is 1. The molecule has 168 valence electrons. The Morgan fingerprint density at radius 2 is 1.91 bits per heavy atom. The average molecular weight is 518 g/mol. The summed E-state index contributed by atoms with van der Waals surface area (Å²) in [5.41, 5.74) is 1.29. The third-order valence-electron chi connectivity index (χ3n) is 5.03. The normalized spacial score (nSPS) is 11.4. The molecule has 0 radical (unpaired) electrons. The molecule has 0 fully saturated rings. The van der Waals surface area contributed by atoms with Crippen LogP contribution in [0.15, 0.2) is 91.6 Å². The van der Waals surface area contributed by atoms with Crippen LogP contribution in [-0.4, -0.2) is 33.6 Å².